The SMILES string of the molecule is CC(C)c1c(C(C)(C)C)ccc(F)c1F. The Hall–Kier alpha value is -0.920. The minimum atomic E-state index is -0.758. The van der Waals surface area contributed by atoms with E-state index in [1.807, 2.05) is 34.6 Å². The Morgan fingerprint density at radius 2 is 1.60 bits per heavy atom. The summed E-state index contributed by atoms with van der Waals surface area (Å²) < 4.78 is 26.8. The summed E-state index contributed by atoms with van der Waals surface area (Å²) in [5, 5.41) is 0. The highest BCUT2D eigenvalue weighted by molar-refractivity contribution is 5.36. The van der Waals surface area contributed by atoms with Gasteiger partial charge in [-0.1, -0.05) is 40.7 Å². The highest BCUT2D eigenvalue weighted by Crippen LogP contribution is 2.33. The summed E-state index contributed by atoms with van der Waals surface area (Å²) in [4.78, 5) is 0. The van der Waals surface area contributed by atoms with Crippen molar-refractivity contribution in [2.24, 2.45) is 0 Å². The molecule has 15 heavy (non-hydrogen) atoms. The van der Waals surface area contributed by atoms with Gasteiger partial charge in [0.25, 0.3) is 0 Å². The quantitative estimate of drug-likeness (QED) is 0.647. The predicted octanol–water partition coefficient (Wildman–Crippen LogP) is 4.39. The normalized spacial score (nSPS) is 12.3. The highest BCUT2D eigenvalue weighted by Gasteiger charge is 2.23. The highest BCUT2D eigenvalue weighted by atomic mass is 19.2. The Balaban J connectivity index is 3.47. The fourth-order valence-electron chi connectivity index (χ4n) is 1.78. The third kappa shape index (κ3) is 2.36. The first-order valence-electron chi connectivity index (χ1n) is 5.23. The molecule has 0 aliphatic rings. The van der Waals surface area contributed by atoms with Crippen molar-refractivity contribution in [3.05, 3.63) is 34.9 Å². The van der Waals surface area contributed by atoms with E-state index in [-0.39, 0.29) is 11.3 Å². The average Bonchev–Trinajstić information content (AvgIpc) is 2.06. The Kier molecular flexibility index (Phi) is 3.17. The standard InChI is InChI=1S/C13H18F2/c1-8(2)11-9(13(3,4)5)6-7-10(14)12(11)15/h6-8H,1-5H3. The average molecular weight is 212 g/mol. The number of benzene rings is 1. The molecule has 0 spiro atoms. The zero-order valence-electron chi connectivity index (χ0n) is 9.99. The number of hydrogen-bond donors (Lipinski definition) is 0. The van der Waals surface area contributed by atoms with E-state index in [4.69, 9.17) is 0 Å². The fraction of sp³-hybridized carbons (Fsp3) is 0.538. The van der Waals surface area contributed by atoms with Crippen LogP contribution >= 0.6 is 0 Å². The molecule has 0 aromatic heterocycles. The number of rotatable bonds is 1. The van der Waals surface area contributed by atoms with Crippen LogP contribution in [0.4, 0.5) is 8.78 Å². The molecular weight excluding hydrogens is 194 g/mol. The Morgan fingerprint density at radius 1 is 1.07 bits per heavy atom. The Morgan fingerprint density at radius 3 is 2.00 bits per heavy atom. The van der Waals surface area contributed by atoms with Crippen LogP contribution in [-0.4, -0.2) is 0 Å². The zero-order valence-corrected chi connectivity index (χ0v) is 9.99. The van der Waals surface area contributed by atoms with Crippen LogP contribution in [0.15, 0.2) is 12.1 Å². The maximum Gasteiger partial charge on any atom is 0.162 e. The van der Waals surface area contributed by atoms with E-state index in [0.717, 1.165) is 5.56 Å². The molecule has 0 heterocycles. The van der Waals surface area contributed by atoms with Crippen LogP contribution in [0, 0.1) is 11.6 Å². The van der Waals surface area contributed by atoms with Crippen molar-refractivity contribution in [1.82, 2.24) is 0 Å². The molecule has 2 heteroatoms. The van der Waals surface area contributed by atoms with Gasteiger partial charge < -0.3 is 0 Å². The third-order valence-electron chi connectivity index (χ3n) is 2.52. The summed E-state index contributed by atoms with van der Waals surface area (Å²) in [5.41, 5.74) is 1.23. The van der Waals surface area contributed by atoms with E-state index >= 15 is 0 Å². The molecule has 0 unspecified atom stereocenters. The van der Waals surface area contributed by atoms with Crippen LogP contribution < -0.4 is 0 Å². The van der Waals surface area contributed by atoms with Gasteiger partial charge in [-0.05, 0) is 28.5 Å². The van der Waals surface area contributed by atoms with E-state index in [2.05, 4.69) is 0 Å². The van der Waals surface area contributed by atoms with Crippen LogP contribution in [0.5, 0.6) is 0 Å². The van der Waals surface area contributed by atoms with Crippen LogP contribution in [0.25, 0.3) is 0 Å². The van der Waals surface area contributed by atoms with E-state index in [1.165, 1.54) is 6.07 Å². The topological polar surface area (TPSA) is 0 Å². The molecule has 0 bridgehead atoms. The van der Waals surface area contributed by atoms with Gasteiger partial charge in [0.05, 0.1) is 0 Å². The Bertz CT molecular complexity index is 360. The van der Waals surface area contributed by atoms with Crippen molar-refractivity contribution in [3.8, 4) is 0 Å². The van der Waals surface area contributed by atoms with Gasteiger partial charge in [-0.25, -0.2) is 8.78 Å². The molecule has 0 aliphatic carbocycles. The number of hydrogen-bond acceptors (Lipinski definition) is 0. The van der Waals surface area contributed by atoms with Crippen molar-refractivity contribution in [2.75, 3.05) is 0 Å². The molecule has 1 aromatic rings. The van der Waals surface area contributed by atoms with Crippen LogP contribution in [-0.2, 0) is 5.41 Å². The molecule has 0 atom stereocenters. The van der Waals surface area contributed by atoms with Crippen LogP contribution in [0.1, 0.15) is 51.7 Å². The molecule has 0 saturated carbocycles. The first-order chi connectivity index (χ1) is 6.75. The van der Waals surface area contributed by atoms with Gasteiger partial charge in [0.1, 0.15) is 0 Å². The minimum Gasteiger partial charge on any atom is -0.204 e. The van der Waals surface area contributed by atoms with Gasteiger partial charge in [0.2, 0.25) is 0 Å². The summed E-state index contributed by atoms with van der Waals surface area (Å²) in [5.74, 6) is -1.46. The van der Waals surface area contributed by atoms with Gasteiger partial charge in [-0.2, -0.15) is 0 Å². The predicted molar refractivity (Wildman–Crippen MR) is 59.1 cm³/mol. The van der Waals surface area contributed by atoms with E-state index < -0.39 is 11.6 Å². The second-order valence-electron chi connectivity index (χ2n) is 5.23. The molecule has 1 aromatic carbocycles. The van der Waals surface area contributed by atoms with Gasteiger partial charge in [0, 0.05) is 0 Å². The van der Waals surface area contributed by atoms with Crippen LogP contribution in [0.3, 0.4) is 0 Å². The van der Waals surface area contributed by atoms with E-state index in [0.29, 0.717) is 5.56 Å². The van der Waals surface area contributed by atoms with Gasteiger partial charge in [-0.15, -0.1) is 0 Å². The fourth-order valence-corrected chi connectivity index (χ4v) is 1.78. The van der Waals surface area contributed by atoms with Crippen molar-refractivity contribution < 1.29 is 8.78 Å². The van der Waals surface area contributed by atoms with Gasteiger partial charge in [0.15, 0.2) is 11.6 Å². The van der Waals surface area contributed by atoms with E-state index in [9.17, 15) is 8.78 Å². The maximum absolute atomic E-state index is 13.7. The minimum absolute atomic E-state index is 0.00470. The van der Waals surface area contributed by atoms with Gasteiger partial charge in [-0.3, -0.25) is 0 Å². The molecule has 0 N–H and O–H groups in total. The van der Waals surface area contributed by atoms with E-state index in [1.54, 1.807) is 6.07 Å². The smallest absolute Gasteiger partial charge is 0.162 e. The zero-order chi connectivity index (χ0) is 11.8. The third-order valence-corrected chi connectivity index (χ3v) is 2.52. The lowest BCUT2D eigenvalue weighted by Gasteiger charge is -2.25. The second-order valence-corrected chi connectivity index (χ2v) is 5.23. The number of halogens is 2. The van der Waals surface area contributed by atoms with Crippen molar-refractivity contribution >= 4 is 0 Å². The molecule has 0 saturated heterocycles. The largest absolute Gasteiger partial charge is 0.204 e. The molecule has 0 amide bonds. The molecular formula is C13H18F2. The first kappa shape index (κ1) is 12.2. The maximum atomic E-state index is 13.7. The molecule has 1 rings (SSSR count). The molecule has 84 valence electrons. The molecule has 0 radical (unpaired) electrons. The lowest BCUT2D eigenvalue weighted by molar-refractivity contribution is 0.479. The molecule has 0 fully saturated rings. The second kappa shape index (κ2) is 3.92. The monoisotopic (exact) mass is 212 g/mol. The lowest BCUT2D eigenvalue weighted by atomic mass is 9.80. The summed E-state index contributed by atoms with van der Waals surface area (Å²) in [6.07, 6.45) is 0. The summed E-state index contributed by atoms with van der Waals surface area (Å²) in [7, 11) is 0. The molecule has 0 nitrogen and oxygen atoms in total. The van der Waals surface area contributed by atoms with Gasteiger partial charge >= 0.3 is 0 Å². The summed E-state index contributed by atoms with van der Waals surface area (Å²) in [6.45, 7) is 9.78. The van der Waals surface area contributed by atoms with Crippen molar-refractivity contribution in [1.29, 1.82) is 0 Å². The lowest BCUT2D eigenvalue weighted by Crippen LogP contribution is -2.17. The Labute approximate surface area is 90.3 Å². The van der Waals surface area contributed by atoms with Crippen LogP contribution in [0.2, 0.25) is 0 Å². The van der Waals surface area contributed by atoms with Crippen molar-refractivity contribution in [3.63, 3.8) is 0 Å². The molecule has 0 aliphatic heterocycles. The summed E-state index contributed by atoms with van der Waals surface area (Å²) >= 11 is 0. The first-order valence-corrected chi connectivity index (χ1v) is 5.23. The summed E-state index contributed by atoms with van der Waals surface area (Å²) in [6, 6.07) is 2.90. The van der Waals surface area contributed by atoms with Crippen molar-refractivity contribution in [2.45, 2.75) is 46.0 Å².